The molecular weight excluding hydrogens is 326 g/mol. The number of rotatable bonds is 6. The van der Waals surface area contributed by atoms with Gasteiger partial charge in [-0.1, -0.05) is 30.3 Å². The largest absolute Gasteiger partial charge is 0.466 e. The molecule has 0 radical (unpaired) electrons. The van der Waals surface area contributed by atoms with Gasteiger partial charge in [0.2, 0.25) is 0 Å². The zero-order valence-electron chi connectivity index (χ0n) is 15.7. The van der Waals surface area contributed by atoms with Gasteiger partial charge in [0, 0.05) is 36.2 Å². The SMILES string of the molecule is CCOC(=O)CCn1nc(C2(c3ccccc3)CC2)c2c1CCN(C)C2. The molecule has 5 heteroatoms. The number of fused-ring (bicyclic) bond motifs is 1. The Morgan fingerprint density at radius 3 is 2.73 bits per heavy atom. The summed E-state index contributed by atoms with van der Waals surface area (Å²) in [5.74, 6) is -0.143. The number of esters is 1. The summed E-state index contributed by atoms with van der Waals surface area (Å²) in [4.78, 5) is 14.2. The van der Waals surface area contributed by atoms with E-state index in [2.05, 4.69) is 47.0 Å². The van der Waals surface area contributed by atoms with Gasteiger partial charge in [0.25, 0.3) is 0 Å². The van der Waals surface area contributed by atoms with Crippen LogP contribution in [0.5, 0.6) is 0 Å². The third-order valence-corrected chi connectivity index (χ3v) is 5.69. The zero-order chi connectivity index (χ0) is 18.1. The highest BCUT2D eigenvalue weighted by Crippen LogP contribution is 2.54. The highest BCUT2D eigenvalue weighted by Gasteiger charge is 2.50. The Kier molecular flexibility index (Phi) is 4.57. The molecule has 1 fully saturated rings. The maximum atomic E-state index is 11.8. The fourth-order valence-corrected chi connectivity index (χ4v) is 4.17. The molecule has 0 amide bonds. The van der Waals surface area contributed by atoms with Crippen LogP contribution in [0, 0.1) is 0 Å². The molecule has 26 heavy (non-hydrogen) atoms. The van der Waals surface area contributed by atoms with Gasteiger partial charge in [-0.25, -0.2) is 0 Å². The number of aromatic nitrogens is 2. The van der Waals surface area contributed by atoms with E-state index in [1.54, 1.807) is 0 Å². The zero-order valence-corrected chi connectivity index (χ0v) is 15.7. The second kappa shape index (κ2) is 6.88. The van der Waals surface area contributed by atoms with E-state index in [0.717, 1.165) is 32.4 Å². The third kappa shape index (κ3) is 3.05. The highest BCUT2D eigenvalue weighted by atomic mass is 16.5. The predicted octanol–water partition coefficient (Wildman–Crippen LogP) is 2.90. The summed E-state index contributed by atoms with van der Waals surface area (Å²) in [5, 5.41) is 5.05. The topological polar surface area (TPSA) is 47.4 Å². The van der Waals surface area contributed by atoms with Crippen LogP contribution in [0.15, 0.2) is 30.3 Å². The van der Waals surface area contributed by atoms with E-state index in [-0.39, 0.29) is 11.4 Å². The summed E-state index contributed by atoms with van der Waals surface area (Å²) < 4.78 is 7.17. The monoisotopic (exact) mass is 353 g/mol. The van der Waals surface area contributed by atoms with Crippen molar-refractivity contribution in [2.45, 2.75) is 51.1 Å². The first kappa shape index (κ1) is 17.3. The van der Waals surface area contributed by atoms with Gasteiger partial charge in [0.05, 0.1) is 25.3 Å². The molecule has 0 atom stereocenters. The lowest BCUT2D eigenvalue weighted by atomic mass is 9.88. The van der Waals surface area contributed by atoms with Gasteiger partial charge in [0.1, 0.15) is 0 Å². The number of benzene rings is 1. The maximum absolute atomic E-state index is 11.8. The van der Waals surface area contributed by atoms with Gasteiger partial charge in [0.15, 0.2) is 0 Å². The molecule has 0 saturated heterocycles. The number of hydrogen-bond donors (Lipinski definition) is 0. The number of ether oxygens (including phenoxy) is 1. The van der Waals surface area contributed by atoms with Crippen LogP contribution in [0.25, 0.3) is 0 Å². The van der Waals surface area contributed by atoms with Gasteiger partial charge in [-0.05, 0) is 32.4 Å². The van der Waals surface area contributed by atoms with E-state index in [1.165, 1.54) is 22.5 Å². The third-order valence-electron chi connectivity index (χ3n) is 5.69. The van der Waals surface area contributed by atoms with Crippen LogP contribution in [-0.2, 0) is 34.5 Å². The van der Waals surface area contributed by atoms with E-state index in [0.29, 0.717) is 19.6 Å². The summed E-state index contributed by atoms with van der Waals surface area (Å²) in [6.45, 7) is 4.87. The molecule has 2 aromatic rings. The predicted molar refractivity (Wildman–Crippen MR) is 100.0 cm³/mol. The Bertz CT molecular complexity index is 793. The number of carbonyl (C=O) groups is 1. The lowest BCUT2D eigenvalue weighted by Crippen LogP contribution is -2.28. The minimum absolute atomic E-state index is 0.0682. The molecule has 1 aromatic carbocycles. The molecular formula is C21H27N3O2. The van der Waals surface area contributed by atoms with Crippen LogP contribution in [0.3, 0.4) is 0 Å². The van der Waals surface area contributed by atoms with Gasteiger partial charge in [-0.2, -0.15) is 5.10 Å². The van der Waals surface area contributed by atoms with Gasteiger partial charge in [-0.3, -0.25) is 9.48 Å². The molecule has 0 unspecified atom stereocenters. The highest BCUT2D eigenvalue weighted by molar-refractivity contribution is 5.69. The van der Waals surface area contributed by atoms with Crippen molar-refractivity contribution < 1.29 is 9.53 Å². The molecule has 2 aliphatic rings. The fourth-order valence-electron chi connectivity index (χ4n) is 4.17. The van der Waals surface area contributed by atoms with Crippen LogP contribution < -0.4 is 0 Å². The van der Waals surface area contributed by atoms with Crippen LogP contribution >= 0.6 is 0 Å². The molecule has 1 aliphatic carbocycles. The molecule has 4 rings (SSSR count). The van der Waals surface area contributed by atoms with Crippen molar-refractivity contribution in [2.75, 3.05) is 20.2 Å². The number of likely N-dealkylation sites (N-methyl/N-ethyl adjacent to an activating group) is 1. The number of hydrogen-bond acceptors (Lipinski definition) is 4. The molecule has 0 spiro atoms. The Hall–Kier alpha value is -2.14. The van der Waals surface area contributed by atoms with Crippen molar-refractivity contribution in [3.05, 3.63) is 52.8 Å². The van der Waals surface area contributed by atoms with Crippen LogP contribution in [-0.4, -0.2) is 40.8 Å². The van der Waals surface area contributed by atoms with Crippen molar-refractivity contribution in [3.63, 3.8) is 0 Å². The van der Waals surface area contributed by atoms with Crippen molar-refractivity contribution >= 4 is 5.97 Å². The first-order valence-corrected chi connectivity index (χ1v) is 9.63. The summed E-state index contributed by atoms with van der Waals surface area (Å²) in [6, 6.07) is 10.8. The summed E-state index contributed by atoms with van der Waals surface area (Å²) in [6.07, 6.45) is 3.69. The molecule has 1 saturated carbocycles. The normalized spacial score (nSPS) is 18.4. The van der Waals surface area contributed by atoms with Crippen LogP contribution in [0.4, 0.5) is 0 Å². The van der Waals surface area contributed by atoms with Crippen molar-refractivity contribution in [1.82, 2.24) is 14.7 Å². The molecule has 1 aromatic heterocycles. The Morgan fingerprint density at radius 2 is 2.04 bits per heavy atom. The number of nitrogens with zero attached hydrogens (tertiary/aromatic N) is 3. The molecule has 0 bridgehead atoms. The smallest absolute Gasteiger partial charge is 0.307 e. The molecule has 138 valence electrons. The fraction of sp³-hybridized carbons (Fsp3) is 0.524. The van der Waals surface area contributed by atoms with Crippen molar-refractivity contribution in [2.24, 2.45) is 0 Å². The molecule has 1 aliphatic heterocycles. The summed E-state index contributed by atoms with van der Waals surface area (Å²) in [7, 11) is 2.17. The van der Waals surface area contributed by atoms with E-state index < -0.39 is 0 Å². The van der Waals surface area contributed by atoms with Crippen molar-refractivity contribution in [1.29, 1.82) is 0 Å². The standard InChI is InChI=1S/C21H27N3O2/c1-3-26-19(25)10-14-24-18-9-13-23(2)15-17(18)20(22-24)21(11-12-21)16-7-5-4-6-8-16/h4-8H,3,9-15H2,1-2H3. The van der Waals surface area contributed by atoms with Gasteiger partial charge in [-0.15, -0.1) is 0 Å². The van der Waals surface area contributed by atoms with E-state index >= 15 is 0 Å². The van der Waals surface area contributed by atoms with E-state index in [1.807, 2.05) is 6.92 Å². The first-order valence-electron chi connectivity index (χ1n) is 9.63. The summed E-state index contributed by atoms with van der Waals surface area (Å²) >= 11 is 0. The van der Waals surface area contributed by atoms with Crippen molar-refractivity contribution in [3.8, 4) is 0 Å². The lowest BCUT2D eigenvalue weighted by Gasteiger charge is -2.25. The second-order valence-electron chi connectivity index (χ2n) is 7.49. The Morgan fingerprint density at radius 1 is 1.27 bits per heavy atom. The Balaban J connectivity index is 1.68. The second-order valence-corrected chi connectivity index (χ2v) is 7.49. The number of aryl methyl sites for hydroxylation is 1. The van der Waals surface area contributed by atoms with Gasteiger partial charge < -0.3 is 9.64 Å². The Labute approximate surface area is 154 Å². The average Bonchev–Trinajstić information content (AvgIpc) is 3.38. The minimum Gasteiger partial charge on any atom is -0.466 e. The van der Waals surface area contributed by atoms with E-state index in [9.17, 15) is 4.79 Å². The quantitative estimate of drug-likeness (QED) is 0.749. The maximum Gasteiger partial charge on any atom is 0.307 e. The van der Waals surface area contributed by atoms with Gasteiger partial charge >= 0.3 is 5.97 Å². The molecule has 5 nitrogen and oxygen atoms in total. The lowest BCUT2D eigenvalue weighted by molar-refractivity contribution is -0.143. The minimum atomic E-state index is -0.143. The first-order chi connectivity index (χ1) is 12.6. The van der Waals surface area contributed by atoms with E-state index in [4.69, 9.17) is 9.84 Å². The van der Waals surface area contributed by atoms with Crippen LogP contribution in [0.2, 0.25) is 0 Å². The molecule has 2 heterocycles. The molecule has 0 N–H and O–H groups in total. The summed E-state index contributed by atoms with van der Waals surface area (Å²) in [5.41, 5.74) is 5.35. The van der Waals surface area contributed by atoms with Crippen LogP contribution in [0.1, 0.15) is 48.7 Å². The number of carbonyl (C=O) groups excluding carboxylic acids is 1. The average molecular weight is 353 g/mol.